The summed E-state index contributed by atoms with van der Waals surface area (Å²) in [7, 11) is -2.91. The number of fused-ring (bicyclic) bond motifs is 2. The van der Waals surface area contributed by atoms with Gasteiger partial charge < -0.3 is 15.4 Å². The zero-order valence-corrected chi connectivity index (χ0v) is 46.8. The lowest BCUT2D eigenvalue weighted by molar-refractivity contribution is 0.483. The van der Waals surface area contributed by atoms with Crippen LogP contribution in [0.4, 0.5) is 39.9 Å². The van der Waals surface area contributed by atoms with E-state index in [0.29, 0.717) is 0 Å². The van der Waals surface area contributed by atoms with Crippen LogP contribution in [0.5, 0.6) is 11.5 Å². The minimum absolute atomic E-state index is 0.0315. The molecule has 0 fully saturated rings. The van der Waals surface area contributed by atoms with Gasteiger partial charge in [-0.2, -0.15) is 0 Å². The summed E-state index contributed by atoms with van der Waals surface area (Å²) in [6.07, 6.45) is 1.95. The highest BCUT2D eigenvalue weighted by Gasteiger charge is 2.49. The van der Waals surface area contributed by atoms with Crippen molar-refractivity contribution >= 4 is 68.8 Å². The van der Waals surface area contributed by atoms with Gasteiger partial charge in [0.15, 0.2) is 8.07 Å². The first-order valence-electron chi connectivity index (χ1n) is 26.9. The van der Waals surface area contributed by atoms with Crippen LogP contribution < -0.4 is 41.0 Å². The molecule has 6 heteroatoms. The van der Waals surface area contributed by atoms with Gasteiger partial charge in [0.25, 0.3) is 0 Å². The van der Waals surface area contributed by atoms with E-state index in [0.717, 1.165) is 68.1 Å². The monoisotopic (exact) mass is 1020 g/mol. The van der Waals surface area contributed by atoms with Crippen molar-refractivity contribution in [1.29, 1.82) is 0 Å². The van der Waals surface area contributed by atoms with Crippen molar-refractivity contribution in [3.8, 4) is 33.8 Å². The maximum Gasteiger partial charge on any atom is 0.184 e. The minimum Gasteiger partial charge on any atom is -0.457 e. The predicted molar refractivity (Wildman–Crippen MR) is 329 cm³/mol. The smallest absolute Gasteiger partial charge is 0.184 e. The quantitative estimate of drug-likeness (QED) is 0.126. The Hall–Kier alpha value is -8.45. The largest absolute Gasteiger partial charge is 0.457 e. The average Bonchev–Trinajstić information content (AvgIpc) is 3.63. The van der Waals surface area contributed by atoms with E-state index in [1.165, 1.54) is 43.0 Å². The van der Waals surface area contributed by atoms with Gasteiger partial charge in [0.2, 0.25) is 0 Å². The van der Waals surface area contributed by atoms with Crippen molar-refractivity contribution in [2.45, 2.75) is 78.6 Å². The SMILES string of the molecule is CC(C)(C)c1cc(-c2cccc(-c3ccccc3)c2Nc2ccccc2Nc2cccc(Oc3ccc4c(c3)N(c3cc(C(C)(C)C)ccn3)c3ccccc3[Si]4(c3ccccc3)c3ccccc3)c2)cc(C(C)(C)C)c1. The molecule has 0 amide bonds. The highest BCUT2D eigenvalue weighted by Crippen LogP contribution is 2.45. The van der Waals surface area contributed by atoms with Crippen molar-refractivity contribution in [3.63, 3.8) is 0 Å². The fourth-order valence-corrected chi connectivity index (χ4v) is 16.0. The molecule has 0 unspecified atom stereocenters. The number of anilines is 7. The van der Waals surface area contributed by atoms with Crippen LogP contribution in [0, 0.1) is 0 Å². The highest BCUT2D eigenvalue weighted by molar-refractivity contribution is 7.21. The Labute approximate surface area is 457 Å². The van der Waals surface area contributed by atoms with Gasteiger partial charge >= 0.3 is 0 Å². The van der Waals surface area contributed by atoms with Crippen molar-refractivity contribution in [2.24, 2.45) is 0 Å². The first-order valence-corrected chi connectivity index (χ1v) is 28.9. The van der Waals surface area contributed by atoms with Crippen LogP contribution in [0.25, 0.3) is 22.3 Å². The Kier molecular flexibility index (Phi) is 13.3. The van der Waals surface area contributed by atoms with E-state index in [4.69, 9.17) is 9.72 Å². The molecule has 1 aliphatic heterocycles. The molecule has 0 bridgehead atoms. The third kappa shape index (κ3) is 9.98. The second kappa shape index (κ2) is 20.2. The molecule has 382 valence electrons. The van der Waals surface area contributed by atoms with Crippen LogP contribution in [0.15, 0.2) is 237 Å². The number of hydrogen-bond acceptors (Lipinski definition) is 5. The van der Waals surface area contributed by atoms with Crippen molar-refractivity contribution in [3.05, 3.63) is 253 Å². The van der Waals surface area contributed by atoms with E-state index in [1.54, 1.807) is 0 Å². The number of aromatic nitrogens is 1. The van der Waals surface area contributed by atoms with Crippen LogP contribution in [0.3, 0.4) is 0 Å². The van der Waals surface area contributed by atoms with Crippen molar-refractivity contribution in [1.82, 2.24) is 4.98 Å². The lowest BCUT2D eigenvalue weighted by atomic mass is 9.78. The number of para-hydroxylation sites is 4. The normalized spacial score (nSPS) is 13.1. The van der Waals surface area contributed by atoms with Gasteiger partial charge in [0.1, 0.15) is 17.3 Å². The lowest BCUT2D eigenvalue weighted by Crippen LogP contribution is -2.77. The fraction of sp³-hybridized carbons (Fsp3) is 0.169. The van der Waals surface area contributed by atoms with Gasteiger partial charge in [-0.1, -0.05) is 232 Å². The zero-order chi connectivity index (χ0) is 53.5. The first-order chi connectivity index (χ1) is 37.1. The van der Waals surface area contributed by atoms with Gasteiger partial charge in [0, 0.05) is 40.8 Å². The van der Waals surface area contributed by atoms with Crippen LogP contribution in [0.1, 0.15) is 79.0 Å². The Morgan fingerprint density at radius 3 is 1.57 bits per heavy atom. The summed E-state index contributed by atoms with van der Waals surface area (Å²) in [6.45, 7) is 20.6. The molecule has 0 aliphatic carbocycles. The molecule has 9 aromatic carbocycles. The molecular weight excluding hydrogens is 953 g/mol. The van der Waals surface area contributed by atoms with Crippen LogP contribution in [0.2, 0.25) is 0 Å². The van der Waals surface area contributed by atoms with Gasteiger partial charge in [-0.15, -0.1) is 0 Å². The topological polar surface area (TPSA) is 49.4 Å². The second-order valence-corrected chi connectivity index (χ2v) is 27.2. The number of nitrogens with zero attached hydrogens (tertiary/aromatic N) is 2. The Balaban J connectivity index is 0.985. The molecule has 0 saturated heterocycles. The number of nitrogens with one attached hydrogen (secondary N) is 2. The van der Waals surface area contributed by atoms with E-state index in [2.05, 4.69) is 302 Å². The summed E-state index contributed by atoms with van der Waals surface area (Å²) in [4.78, 5) is 7.48. The molecular formula is C71H68N4OSi. The number of ether oxygens (including phenoxy) is 1. The van der Waals surface area contributed by atoms with Crippen molar-refractivity contribution < 1.29 is 4.74 Å². The van der Waals surface area contributed by atoms with Gasteiger partial charge in [-0.25, -0.2) is 4.98 Å². The number of benzene rings is 9. The number of hydrogen-bond donors (Lipinski definition) is 2. The minimum atomic E-state index is -2.91. The summed E-state index contributed by atoms with van der Waals surface area (Å²) in [5.41, 5.74) is 14.3. The van der Waals surface area contributed by atoms with Crippen LogP contribution >= 0.6 is 0 Å². The predicted octanol–water partition coefficient (Wildman–Crippen LogP) is 16.7. The molecule has 5 nitrogen and oxygen atoms in total. The van der Waals surface area contributed by atoms with Gasteiger partial charge in [-0.3, -0.25) is 4.90 Å². The zero-order valence-electron chi connectivity index (χ0n) is 45.8. The molecule has 2 N–H and O–H groups in total. The molecule has 1 aromatic heterocycles. The van der Waals surface area contributed by atoms with E-state index in [-0.39, 0.29) is 16.2 Å². The highest BCUT2D eigenvalue weighted by atomic mass is 28.3. The molecule has 0 spiro atoms. The lowest BCUT2D eigenvalue weighted by Gasteiger charge is -2.44. The Bertz CT molecular complexity index is 3670. The molecule has 0 atom stereocenters. The van der Waals surface area contributed by atoms with Gasteiger partial charge in [0.05, 0.1) is 22.7 Å². The van der Waals surface area contributed by atoms with Crippen LogP contribution in [-0.2, 0) is 16.2 Å². The first kappa shape index (κ1) is 50.7. The van der Waals surface area contributed by atoms with Crippen LogP contribution in [-0.4, -0.2) is 13.1 Å². The average molecular weight is 1020 g/mol. The number of pyridine rings is 1. The van der Waals surface area contributed by atoms with Gasteiger partial charge in [-0.05, 0) is 113 Å². The molecule has 0 saturated carbocycles. The molecule has 1 aliphatic rings. The van der Waals surface area contributed by atoms with E-state index >= 15 is 0 Å². The third-order valence-electron chi connectivity index (χ3n) is 15.1. The molecule has 77 heavy (non-hydrogen) atoms. The second-order valence-electron chi connectivity index (χ2n) is 23.5. The maximum absolute atomic E-state index is 6.99. The summed E-state index contributed by atoms with van der Waals surface area (Å²) in [5.74, 6) is 2.33. The third-order valence-corrected chi connectivity index (χ3v) is 19.9. The molecule has 11 rings (SSSR count). The van der Waals surface area contributed by atoms with E-state index < -0.39 is 8.07 Å². The Morgan fingerprint density at radius 1 is 0.403 bits per heavy atom. The molecule has 0 radical (unpaired) electrons. The van der Waals surface area contributed by atoms with Crippen molar-refractivity contribution in [2.75, 3.05) is 15.5 Å². The summed E-state index contributed by atoms with van der Waals surface area (Å²) >= 11 is 0. The fourth-order valence-electron chi connectivity index (χ4n) is 11.0. The standard InChI is InChI=1S/C71H68N4OSi/c1-69(2,3)51-41-42-72-67(46-51)75-63-37-21-22-38-65(63)77(57-29-15-11-16-30-57,58-31-17-12-18-32-58)66-40-39-56(48-64(66)75)76-55-28-23-27-54(47-55)73-61-35-19-20-36-62(61)74-68-59(49-25-13-10-14-26-49)33-24-34-60(68)50-43-52(70(4,5)6)45-53(44-50)71(7,8)9/h10-48,73-74H,1-9H3. The summed E-state index contributed by atoms with van der Waals surface area (Å²) < 4.78 is 6.99. The van der Waals surface area contributed by atoms with E-state index in [1.807, 2.05) is 12.3 Å². The number of rotatable bonds is 11. The summed E-state index contributed by atoms with van der Waals surface area (Å²) in [6, 6.07) is 83.5. The maximum atomic E-state index is 6.99. The Morgan fingerprint density at radius 2 is 0.935 bits per heavy atom. The van der Waals surface area contributed by atoms with E-state index in [9.17, 15) is 0 Å². The molecule has 2 heterocycles. The summed E-state index contributed by atoms with van der Waals surface area (Å²) in [5, 5.41) is 13.0. The molecule has 10 aromatic rings.